The topological polar surface area (TPSA) is 26.0 Å². The number of rotatable bonds is 3. The first-order chi connectivity index (χ1) is 7.10. The van der Waals surface area contributed by atoms with Gasteiger partial charge in [0.1, 0.15) is 0 Å². The fourth-order valence-corrected chi connectivity index (χ4v) is 2.93. The SMILES string of the molecule is CSc1ccc(C2(C(C)N)CC2)c(C)c1. The molecular weight excluding hydrogens is 202 g/mol. The Kier molecular flexibility index (Phi) is 2.82. The summed E-state index contributed by atoms with van der Waals surface area (Å²) >= 11 is 1.80. The zero-order chi connectivity index (χ0) is 11.1. The van der Waals surface area contributed by atoms with Crippen LogP contribution in [0.1, 0.15) is 30.9 Å². The van der Waals surface area contributed by atoms with Gasteiger partial charge in [-0.2, -0.15) is 0 Å². The van der Waals surface area contributed by atoms with Crippen molar-refractivity contribution in [2.24, 2.45) is 5.73 Å². The molecule has 1 saturated carbocycles. The number of thioether (sulfide) groups is 1. The van der Waals surface area contributed by atoms with Crippen LogP contribution in [-0.4, -0.2) is 12.3 Å². The van der Waals surface area contributed by atoms with Crippen molar-refractivity contribution in [3.63, 3.8) is 0 Å². The number of benzene rings is 1. The number of nitrogens with two attached hydrogens (primary N) is 1. The zero-order valence-electron chi connectivity index (χ0n) is 9.71. The number of hydrogen-bond acceptors (Lipinski definition) is 2. The molecule has 0 heterocycles. The van der Waals surface area contributed by atoms with E-state index in [2.05, 4.69) is 38.3 Å². The minimum atomic E-state index is 0.274. The Morgan fingerprint density at radius 1 is 1.40 bits per heavy atom. The van der Waals surface area contributed by atoms with Crippen molar-refractivity contribution in [2.45, 2.75) is 43.0 Å². The highest BCUT2D eigenvalue weighted by Gasteiger charge is 2.47. The van der Waals surface area contributed by atoms with Crippen LogP contribution >= 0.6 is 11.8 Å². The molecule has 1 aliphatic rings. The van der Waals surface area contributed by atoms with Gasteiger partial charge in [-0.15, -0.1) is 11.8 Å². The summed E-state index contributed by atoms with van der Waals surface area (Å²) in [5.74, 6) is 0. The first-order valence-corrected chi connectivity index (χ1v) is 6.73. The molecule has 0 aromatic heterocycles. The van der Waals surface area contributed by atoms with E-state index >= 15 is 0 Å². The van der Waals surface area contributed by atoms with Crippen LogP contribution in [0.3, 0.4) is 0 Å². The standard InChI is InChI=1S/C13H19NS/c1-9-8-11(15-3)4-5-12(9)13(6-7-13)10(2)14/h4-5,8,10H,6-7,14H2,1-3H3. The van der Waals surface area contributed by atoms with Crippen LogP contribution in [0.25, 0.3) is 0 Å². The van der Waals surface area contributed by atoms with Gasteiger partial charge in [-0.05, 0) is 56.2 Å². The van der Waals surface area contributed by atoms with Crippen molar-refractivity contribution in [3.8, 4) is 0 Å². The summed E-state index contributed by atoms with van der Waals surface area (Å²) in [5.41, 5.74) is 9.26. The molecule has 0 aliphatic heterocycles. The lowest BCUT2D eigenvalue weighted by Crippen LogP contribution is -2.32. The molecule has 1 atom stereocenters. The first kappa shape index (κ1) is 11.0. The van der Waals surface area contributed by atoms with E-state index in [9.17, 15) is 0 Å². The minimum absolute atomic E-state index is 0.274. The molecule has 0 amide bonds. The molecule has 82 valence electrons. The molecule has 1 nitrogen and oxygen atoms in total. The Morgan fingerprint density at radius 3 is 2.47 bits per heavy atom. The van der Waals surface area contributed by atoms with Crippen LogP contribution in [0, 0.1) is 6.92 Å². The third-order valence-corrected chi connectivity index (χ3v) is 4.36. The maximum Gasteiger partial charge on any atom is 0.0108 e. The molecule has 2 N–H and O–H groups in total. The molecule has 0 bridgehead atoms. The second-order valence-electron chi connectivity index (χ2n) is 4.63. The van der Waals surface area contributed by atoms with Gasteiger partial charge >= 0.3 is 0 Å². The van der Waals surface area contributed by atoms with Gasteiger partial charge in [0.25, 0.3) is 0 Å². The molecule has 2 rings (SSSR count). The Labute approximate surface area is 96.4 Å². The Balaban J connectivity index is 2.37. The Bertz CT molecular complexity index is 367. The third kappa shape index (κ3) is 1.81. The van der Waals surface area contributed by atoms with E-state index in [1.54, 1.807) is 11.8 Å². The lowest BCUT2D eigenvalue weighted by molar-refractivity contribution is 0.553. The van der Waals surface area contributed by atoms with Crippen LogP contribution in [0.2, 0.25) is 0 Å². The van der Waals surface area contributed by atoms with Gasteiger partial charge in [0.05, 0.1) is 0 Å². The lowest BCUT2D eigenvalue weighted by Gasteiger charge is -2.22. The Hall–Kier alpha value is -0.470. The van der Waals surface area contributed by atoms with Crippen molar-refractivity contribution >= 4 is 11.8 Å². The van der Waals surface area contributed by atoms with E-state index in [0.717, 1.165) is 0 Å². The average Bonchev–Trinajstić information content (AvgIpc) is 2.98. The highest BCUT2D eigenvalue weighted by atomic mass is 32.2. The van der Waals surface area contributed by atoms with Crippen molar-refractivity contribution in [2.75, 3.05) is 6.26 Å². The predicted octanol–water partition coefficient (Wildman–Crippen LogP) is 3.10. The maximum atomic E-state index is 6.10. The molecule has 1 aliphatic carbocycles. The van der Waals surface area contributed by atoms with E-state index in [0.29, 0.717) is 5.41 Å². The van der Waals surface area contributed by atoms with Crippen LogP contribution in [0.4, 0.5) is 0 Å². The average molecular weight is 221 g/mol. The summed E-state index contributed by atoms with van der Waals surface area (Å²) in [4.78, 5) is 1.34. The van der Waals surface area contributed by atoms with Crippen LogP contribution in [-0.2, 0) is 5.41 Å². The number of hydrogen-bond donors (Lipinski definition) is 1. The molecule has 1 fully saturated rings. The maximum absolute atomic E-state index is 6.10. The lowest BCUT2D eigenvalue weighted by atomic mass is 9.86. The summed E-state index contributed by atoms with van der Waals surface area (Å²) in [7, 11) is 0. The predicted molar refractivity (Wildman–Crippen MR) is 67.5 cm³/mol. The van der Waals surface area contributed by atoms with Gasteiger partial charge in [0.2, 0.25) is 0 Å². The van der Waals surface area contributed by atoms with Gasteiger partial charge in [-0.25, -0.2) is 0 Å². The van der Waals surface area contributed by atoms with Crippen molar-refractivity contribution in [1.29, 1.82) is 0 Å². The molecule has 1 aromatic carbocycles. The van der Waals surface area contributed by atoms with Gasteiger partial charge in [0, 0.05) is 16.4 Å². The van der Waals surface area contributed by atoms with Gasteiger partial charge in [-0.1, -0.05) is 6.07 Å². The summed E-state index contributed by atoms with van der Waals surface area (Å²) in [5, 5.41) is 0. The van der Waals surface area contributed by atoms with E-state index < -0.39 is 0 Å². The summed E-state index contributed by atoms with van der Waals surface area (Å²) in [6, 6.07) is 7.05. The highest BCUT2D eigenvalue weighted by Crippen LogP contribution is 2.51. The fraction of sp³-hybridized carbons (Fsp3) is 0.538. The minimum Gasteiger partial charge on any atom is -0.327 e. The van der Waals surface area contributed by atoms with E-state index in [-0.39, 0.29) is 6.04 Å². The van der Waals surface area contributed by atoms with Crippen molar-refractivity contribution in [1.82, 2.24) is 0 Å². The zero-order valence-corrected chi connectivity index (χ0v) is 10.5. The van der Waals surface area contributed by atoms with E-state index in [1.807, 2.05) is 0 Å². The molecule has 0 saturated heterocycles. The van der Waals surface area contributed by atoms with Crippen molar-refractivity contribution in [3.05, 3.63) is 29.3 Å². The summed E-state index contributed by atoms with van der Waals surface area (Å²) < 4.78 is 0. The first-order valence-electron chi connectivity index (χ1n) is 5.51. The van der Waals surface area contributed by atoms with Gasteiger partial charge in [0.15, 0.2) is 0 Å². The molecule has 2 heteroatoms. The normalized spacial score (nSPS) is 20.0. The monoisotopic (exact) mass is 221 g/mol. The molecular formula is C13H19NS. The fourth-order valence-electron chi connectivity index (χ4n) is 2.43. The van der Waals surface area contributed by atoms with Crippen LogP contribution < -0.4 is 5.73 Å². The van der Waals surface area contributed by atoms with E-state index in [1.165, 1.54) is 28.9 Å². The van der Waals surface area contributed by atoms with Crippen LogP contribution in [0.15, 0.2) is 23.1 Å². The second-order valence-corrected chi connectivity index (χ2v) is 5.51. The van der Waals surface area contributed by atoms with Crippen molar-refractivity contribution < 1.29 is 0 Å². The van der Waals surface area contributed by atoms with Gasteiger partial charge in [-0.3, -0.25) is 0 Å². The summed E-state index contributed by atoms with van der Waals surface area (Å²) in [6.07, 6.45) is 4.63. The van der Waals surface area contributed by atoms with Crippen LogP contribution in [0.5, 0.6) is 0 Å². The highest BCUT2D eigenvalue weighted by molar-refractivity contribution is 7.98. The molecule has 0 spiro atoms. The largest absolute Gasteiger partial charge is 0.327 e. The smallest absolute Gasteiger partial charge is 0.0108 e. The molecule has 0 radical (unpaired) electrons. The number of aryl methyl sites for hydroxylation is 1. The third-order valence-electron chi connectivity index (χ3n) is 3.63. The second kappa shape index (κ2) is 3.84. The quantitative estimate of drug-likeness (QED) is 0.794. The summed E-state index contributed by atoms with van der Waals surface area (Å²) in [6.45, 7) is 4.34. The molecule has 1 aromatic rings. The van der Waals surface area contributed by atoms with E-state index in [4.69, 9.17) is 5.73 Å². The Morgan fingerprint density at radius 2 is 2.07 bits per heavy atom. The molecule has 15 heavy (non-hydrogen) atoms. The van der Waals surface area contributed by atoms with Gasteiger partial charge < -0.3 is 5.73 Å². The molecule has 1 unspecified atom stereocenters.